The third-order valence-electron chi connectivity index (χ3n) is 2.61. The van der Waals surface area contributed by atoms with Gasteiger partial charge in [0.2, 0.25) is 0 Å². The summed E-state index contributed by atoms with van der Waals surface area (Å²) in [5.41, 5.74) is 0. The molecule has 0 spiro atoms. The molecule has 0 aromatic heterocycles. The summed E-state index contributed by atoms with van der Waals surface area (Å²) in [5, 5.41) is 0. The van der Waals surface area contributed by atoms with Crippen LogP contribution in [-0.2, 0) is 0 Å². The highest BCUT2D eigenvalue weighted by Gasteiger charge is 2.26. The fourth-order valence-corrected chi connectivity index (χ4v) is 4.43. The topological polar surface area (TPSA) is 0 Å². The first-order valence-corrected chi connectivity index (χ1v) is 7.02. The van der Waals surface area contributed by atoms with E-state index in [1.807, 2.05) is 0 Å². The van der Waals surface area contributed by atoms with Gasteiger partial charge < -0.3 is 0 Å². The van der Waals surface area contributed by atoms with E-state index in [4.69, 9.17) is 0 Å². The summed E-state index contributed by atoms with van der Waals surface area (Å²) in [6.45, 7) is 4.68. The van der Waals surface area contributed by atoms with Crippen molar-refractivity contribution in [1.82, 2.24) is 0 Å². The molecule has 0 aromatic rings. The van der Waals surface area contributed by atoms with Gasteiger partial charge in [-0.2, -0.15) is 11.8 Å². The fraction of sp³-hybridized carbons (Fsp3) is 1.00. The van der Waals surface area contributed by atoms with Gasteiger partial charge in [0.25, 0.3) is 0 Å². The molecule has 0 nitrogen and oxygen atoms in total. The van der Waals surface area contributed by atoms with Crippen molar-refractivity contribution in [3.63, 3.8) is 0 Å². The van der Waals surface area contributed by atoms with Crippen molar-refractivity contribution in [2.75, 3.05) is 11.5 Å². The Morgan fingerprint density at radius 2 is 2.25 bits per heavy atom. The molecule has 2 heteroatoms. The molecule has 3 unspecified atom stereocenters. The average Bonchev–Trinajstić information content (AvgIpc) is 2.37. The standard InChI is InChI=1S/C10H19BrS/c1-3-4-8(2)5-9-6-12-7-10(9)11/h8-10H,3-7H2,1-2H3. The second-order valence-corrected chi connectivity index (χ2v) is 6.19. The van der Waals surface area contributed by atoms with E-state index in [0.717, 1.165) is 16.7 Å². The lowest BCUT2D eigenvalue weighted by atomic mass is 9.92. The van der Waals surface area contributed by atoms with E-state index >= 15 is 0 Å². The molecule has 0 aromatic carbocycles. The van der Waals surface area contributed by atoms with Crippen LogP contribution < -0.4 is 0 Å². The highest BCUT2D eigenvalue weighted by molar-refractivity contribution is 9.09. The predicted octanol–water partition coefficient (Wildman–Crippen LogP) is 3.94. The molecule has 1 rings (SSSR count). The van der Waals surface area contributed by atoms with Crippen LogP contribution in [0.3, 0.4) is 0 Å². The molecule has 0 saturated carbocycles. The summed E-state index contributed by atoms with van der Waals surface area (Å²) < 4.78 is 0. The maximum atomic E-state index is 3.76. The van der Waals surface area contributed by atoms with Crippen LogP contribution in [0, 0.1) is 11.8 Å². The molecule has 3 atom stereocenters. The second kappa shape index (κ2) is 5.54. The molecule has 1 fully saturated rings. The minimum absolute atomic E-state index is 0.793. The Labute approximate surface area is 89.0 Å². The summed E-state index contributed by atoms with van der Waals surface area (Å²) in [6, 6.07) is 0. The Balaban J connectivity index is 2.20. The van der Waals surface area contributed by atoms with E-state index in [2.05, 4.69) is 41.5 Å². The predicted molar refractivity (Wildman–Crippen MR) is 62.2 cm³/mol. The Morgan fingerprint density at radius 3 is 2.75 bits per heavy atom. The molecule has 72 valence electrons. The lowest BCUT2D eigenvalue weighted by Gasteiger charge is -2.17. The number of hydrogen-bond acceptors (Lipinski definition) is 1. The zero-order valence-electron chi connectivity index (χ0n) is 8.05. The van der Waals surface area contributed by atoms with E-state index in [0.29, 0.717) is 0 Å². The highest BCUT2D eigenvalue weighted by Crippen LogP contribution is 2.34. The summed E-state index contributed by atoms with van der Waals surface area (Å²) in [6.07, 6.45) is 4.17. The van der Waals surface area contributed by atoms with Crippen molar-refractivity contribution < 1.29 is 0 Å². The van der Waals surface area contributed by atoms with Gasteiger partial charge in [0.1, 0.15) is 0 Å². The van der Waals surface area contributed by atoms with E-state index < -0.39 is 0 Å². The molecule has 1 aliphatic rings. The van der Waals surface area contributed by atoms with Gasteiger partial charge in [-0.25, -0.2) is 0 Å². The van der Waals surface area contributed by atoms with Crippen LogP contribution in [0.1, 0.15) is 33.1 Å². The SMILES string of the molecule is CCCC(C)CC1CSCC1Br. The van der Waals surface area contributed by atoms with E-state index in [9.17, 15) is 0 Å². The van der Waals surface area contributed by atoms with Gasteiger partial charge >= 0.3 is 0 Å². The summed E-state index contributed by atoms with van der Waals surface area (Å²) in [7, 11) is 0. The third kappa shape index (κ3) is 3.29. The summed E-state index contributed by atoms with van der Waals surface area (Å²) in [4.78, 5) is 0.793. The fourth-order valence-electron chi connectivity index (χ4n) is 1.92. The molecule has 0 bridgehead atoms. The van der Waals surface area contributed by atoms with Crippen molar-refractivity contribution >= 4 is 27.7 Å². The van der Waals surface area contributed by atoms with E-state index in [-0.39, 0.29) is 0 Å². The summed E-state index contributed by atoms with van der Waals surface area (Å²) >= 11 is 5.87. The number of rotatable bonds is 4. The Bertz CT molecular complexity index is 127. The van der Waals surface area contributed by atoms with Crippen molar-refractivity contribution in [3.05, 3.63) is 0 Å². The zero-order chi connectivity index (χ0) is 8.97. The van der Waals surface area contributed by atoms with Crippen molar-refractivity contribution in [2.45, 2.75) is 37.9 Å². The number of thioether (sulfide) groups is 1. The minimum Gasteiger partial charge on any atom is -0.161 e. The van der Waals surface area contributed by atoms with Gasteiger partial charge in [0.05, 0.1) is 0 Å². The molecular formula is C10H19BrS. The number of halogens is 1. The van der Waals surface area contributed by atoms with Crippen molar-refractivity contribution in [2.24, 2.45) is 11.8 Å². The Morgan fingerprint density at radius 1 is 1.50 bits per heavy atom. The first-order chi connectivity index (χ1) is 5.74. The minimum atomic E-state index is 0.793. The maximum Gasteiger partial charge on any atom is 0.0272 e. The molecule has 0 amide bonds. The molecule has 1 saturated heterocycles. The smallest absolute Gasteiger partial charge is 0.0272 e. The van der Waals surface area contributed by atoms with Gasteiger partial charge in [-0.15, -0.1) is 0 Å². The first-order valence-electron chi connectivity index (χ1n) is 4.95. The van der Waals surface area contributed by atoms with Gasteiger partial charge in [-0.3, -0.25) is 0 Å². The van der Waals surface area contributed by atoms with Crippen LogP contribution in [0.2, 0.25) is 0 Å². The van der Waals surface area contributed by atoms with Gasteiger partial charge in [0.15, 0.2) is 0 Å². The maximum absolute atomic E-state index is 3.76. The molecule has 0 radical (unpaired) electrons. The van der Waals surface area contributed by atoms with Crippen LogP contribution >= 0.6 is 27.7 Å². The number of hydrogen-bond donors (Lipinski definition) is 0. The van der Waals surface area contributed by atoms with Gasteiger partial charge in [-0.05, 0) is 24.0 Å². The number of alkyl halides is 1. The average molecular weight is 251 g/mol. The molecule has 0 aliphatic carbocycles. The largest absolute Gasteiger partial charge is 0.161 e. The van der Waals surface area contributed by atoms with E-state index in [1.54, 1.807) is 0 Å². The van der Waals surface area contributed by atoms with Gasteiger partial charge in [-0.1, -0.05) is 42.6 Å². The van der Waals surface area contributed by atoms with Crippen LogP contribution in [0.25, 0.3) is 0 Å². The molecular weight excluding hydrogens is 232 g/mol. The first kappa shape index (κ1) is 10.9. The van der Waals surface area contributed by atoms with E-state index in [1.165, 1.54) is 30.8 Å². The molecule has 1 aliphatic heterocycles. The van der Waals surface area contributed by atoms with Crippen molar-refractivity contribution in [1.29, 1.82) is 0 Å². The molecule has 12 heavy (non-hydrogen) atoms. The Kier molecular flexibility index (Phi) is 5.03. The molecule has 1 heterocycles. The van der Waals surface area contributed by atoms with Crippen LogP contribution in [0.5, 0.6) is 0 Å². The quantitative estimate of drug-likeness (QED) is 0.682. The normalized spacial score (nSPS) is 32.2. The summed E-state index contributed by atoms with van der Waals surface area (Å²) in [5.74, 6) is 4.57. The molecule has 0 N–H and O–H groups in total. The van der Waals surface area contributed by atoms with Crippen LogP contribution in [-0.4, -0.2) is 16.3 Å². The lowest BCUT2D eigenvalue weighted by molar-refractivity contribution is 0.404. The van der Waals surface area contributed by atoms with Crippen molar-refractivity contribution in [3.8, 4) is 0 Å². The second-order valence-electron chi connectivity index (χ2n) is 3.94. The lowest BCUT2D eigenvalue weighted by Crippen LogP contribution is -2.14. The zero-order valence-corrected chi connectivity index (χ0v) is 10.5. The monoisotopic (exact) mass is 250 g/mol. The van der Waals surface area contributed by atoms with Crippen LogP contribution in [0.15, 0.2) is 0 Å². The van der Waals surface area contributed by atoms with Crippen LogP contribution in [0.4, 0.5) is 0 Å². The highest BCUT2D eigenvalue weighted by atomic mass is 79.9. The van der Waals surface area contributed by atoms with Gasteiger partial charge in [0, 0.05) is 10.6 Å². The third-order valence-corrected chi connectivity index (χ3v) is 5.37. The Hall–Kier alpha value is 0.830.